The Kier molecular flexibility index (Phi) is 6.46. The Balaban J connectivity index is 1.85. The molecule has 0 saturated heterocycles. The van der Waals surface area contributed by atoms with Gasteiger partial charge in [-0.1, -0.05) is 29.8 Å². The summed E-state index contributed by atoms with van der Waals surface area (Å²) in [7, 11) is 0. The standard InChI is InChI=1S/C18H15ClN2O5/c1-12-5-7-14(10-16(12)19)20-17(22)11-26-18(23)8-6-13-3-2-4-15(9-13)21(24)25/h2-10H,11H2,1H3,(H,20,22)/b8-6+. The minimum atomic E-state index is -0.742. The maximum absolute atomic E-state index is 11.8. The highest BCUT2D eigenvalue weighted by Gasteiger charge is 2.08. The van der Waals surface area contributed by atoms with Crippen molar-refractivity contribution in [2.45, 2.75) is 6.92 Å². The zero-order chi connectivity index (χ0) is 19.1. The van der Waals surface area contributed by atoms with Crippen LogP contribution < -0.4 is 5.32 Å². The summed E-state index contributed by atoms with van der Waals surface area (Å²) in [6.07, 6.45) is 2.46. The van der Waals surface area contributed by atoms with Crippen LogP contribution in [0.25, 0.3) is 6.08 Å². The summed E-state index contributed by atoms with van der Waals surface area (Å²) in [5, 5.41) is 13.8. The van der Waals surface area contributed by atoms with E-state index in [2.05, 4.69) is 5.32 Å². The summed E-state index contributed by atoms with van der Waals surface area (Å²) in [4.78, 5) is 33.6. The number of esters is 1. The van der Waals surface area contributed by atoms with Crippen molar-refractivity contribution in [1.82, 2.24) is 0 Å². The second kappa shape index (κ2) is 8.77. The molecular formula is C18H15ClN2O5. The van der Waals surface area contributed by atoms with Crippen molar-refractivity contribution in [2.24, 2.45) is 0 Å². The fourth-order valence-electron chi connectivity index (χ4n) is 1.96. The highest BCUT2D eigenvalue weighted by atomic mass is 35.5. The summed E-state index contributed by atoms with van der Waals surface area (Å²) in [6, 6.07) is 10.8. The number of hydrogen-bond donors (Lipinski definition) is 1. The average molecular weight is 375 g/mol. The van der Waals surface area contributed by atoms with E-state index in [9.17, 15) is 19.7 Å². The van der Waals surface area contributed by atoms with Gasteiger partial charge in [0.1, 0.15) is 0 Å². The molecule has 0 aliphatic rings. The number of amides is 1. The van der Waals surface area contributed by atoms with Crippen LogP contribution in [0.15, 0.2) is 48.5 Å². The predicted octanol–water partition coefficient (Wildman–Crippen LogP) is 3.75. The number of nitro benzene ring substituents is 1. The third-order valence-corrected chi connectivity index (χ3v) is 3.70. The Morgan fingerprint density at radius 3 is 2.73 bits per heavy atom. The molecule has 2 rings (SSSR count). The van der Waals surface area contributed by atoms with Crippen LogP contribution in [0.1, 0.15) is 11.1 Å². The first kappa shape index (κ1) is 19.1. The number of benzene rings is 2. The molecule has 7 nitrogen and oxygen atoms in total. The molecule has 134 valence electrons. The first-order valence-corrected chi connectivity index (χ1v) is 7.88. The molecule has 0 fully saturated rings. The molecule has 0 bridgehead atoms. The number of rotatable bonds is 6. The quantitative estimate of drug-likeness (QED) is 0.359. The molecule has 0 aromatic heterocycles. The minimum absolute atomic E-state index is 0.0864. The van der Waals surface area contributed by atoms with Crippen LogP contribution in [-0.4, -0.2) is 23.4 Å². The molecule has 2 aromatic carbocycles. The smallest absolute Gasteiger partial charge is 0.331 e. The molecule has 0 aliphatic carbocycles. The maximum atomic E-state index is 11.8. The van der Waals surface area contributed by atoms with Gasteiger partial charge in [0.15, 0.2) is 6.61 Å². The van der Waals surface area contributed by atoms with Crippen molar-refractivity contribution in [1.29, 1.82) is 0 Å². The Labute approximate surface area is 154 Å². The van der Waals surface area contributed by atoms with E-state index in [0.29, 0.717) is 16.3 Å². The number of nitrogens with zero attached hydrogens (tertiary/aromatic N) is 1. The Morgan fingerprint density at radius 2 is 2.04 bits per heavy atom. The number of carbonyl (C=O) groups excluding carboxylic acids is 2. The molecule has 0 saturated carbocycles. The van der Waals surface area contributed by atoms with Crippen molar-refractivity contribution in [2.75, 3.05) is 11.9 Å². The zero-order valence-corrected chi connectivity index (χ0v) is 14.5. The zero-order valence-electron chi connectivity index (χ0n) is 13.8. The van der Waals surface area contributed by atoms with Gasteiger partial charge in [0.25, 0.3) is 11.6 Å². The van der Waals surface area contributed by atoms with Crippen molar-refractivity contribution in [3.05, 3.63) is 74.8 Å². The fraction of sp³-hybridized carbons (Fsp3) is 0.111. The van der Waals surface area contributed by atoms with Gasteiger partial charge >= 0.3 is 5.97 Å². The molecule has 0 spiro atoms. The molecule has 26 heavy (non-hydrogen) atoms. The summed E-state index contributed by atoms with van der Waals surface area (Å²) in [5.74, 6) is -1.25. The van der Waals surface area contributed by atoms with Crippen LogP contribution >= 0.6 is 11.6 Å². The van der Waals surface area contributed by atoms with Gasteiger partial charge in [-0.05, 0) is 36.3 Å². The first-order valence-electron chi connectivity index (χ1n) is 7.50. The lowest BCUT2D eigenvalue weighted by Crippen LogP contribution is -2.20. The number of non-ortho nitro benzene ring substituents is 1. The first-order chi connectivity index (χ1) is 12.3. The molecule has 2 aromatic rings. The Bertz CT molecular complexity index is 880. The van der Waals surface area contributed by atoms with E-state index in [-0.39, 0.29) is 5.69 Å². The fourth-order valence-corrected chi connectivity index (χ4v) is 2.14. The molecule has 0 radical (unpaired) electrons. The molecule has 8 heteroatoms. The minimum Gasteiger partial charge on any atom is -0.452 e. The van der Waals surface area contributed by atoms with Crippen LogP contribution in [0.3, 0.4) is 0 Å². The van der Waals surface area contributed by atoms with Gasteiger partial charge in [-0.2, -0.15) is 0 Å². The summed E-state index contributed by atoms with van der Waals surface area (Å²) < 4.78 is 4.82. The van der Waals surface area contributed by atoms with E-state index in [1.54, 1.807) is 24.3 Å². The molecule has 0 aliphatic heterocycles. The third-order valence-electron chi connectivity index (χ3n) is 3.29. The van der Waals surface area contributed by atoms with Gasteiger partial charge in [0.05, 0.1) is 4.92 Å². The van der Waals surface area contributed by atoms with Crippen LogP contribution in [0.2, 0.25) is 5.02 Å². The number of nitrogens with one attached hydrogen (secondary N) is 1. The van der Waals surface area contributed by atoms with Crippen LogP contribution in [0, 0.1) is 17.0 Å². The van der Waals surface area contributed by atoms with Gasteiger partial charge in [-0.15, -0.1) is 0 Å². The summed E-state index contributed by atoms with van der Waals surface area (Å²) in [5.41, 5.74) is 1.75. The largest absolute Gasteiger partial charge is 0.452 e. The second-order valence-electron chi connectivity index (χ2n) is 5.31. The lowest BCUT2D eigenvalue weighted by atomic mass is 10.2. The molecule has 0 unspecified atom stereocenters. The lowest BCUT2D eigenvalue weighted by Gasteiger charge is -2.07. The van der Waals surface area contributed by atoms with Gasteiger partial charge in [0.2, 0.25) is 0 Å². The van der Waals surface area contributed by atoms with Crippen molar-refractivity contribution >= 4 is 40.9 Å². The number of carbonyl (C=O) groups is 2. The van der Waals surface area contributed by atoms with E-state index in [4.69, 9.17) is 16.3 Å². The van der Waals surface area contributed by atoms with Gasteiger partial charge in [0, 0.05) is 28.9 Å². The third kappa shape index (κ3) is 5.71. The second-order valence-corrected chi connectivity index (χ2v) is 5.71. The predicted molar refractivity (Wildman–Crippen MR) is 97.9 cm³/mol. The number of halogens is 1. The highest BCUT2D eigenvalue weighted by Crippen LogP contribution is 2.19. The van der Waals surface area contributed by atoms with E-state index >= 15 is 0 Å². The number of anilines is 1. The normalized spacial score (nSPS) is 10.5. The van der Waals surface area contributed by atoms with Crippen LogP contribution in [0.5, 0.6) is 0 Å². The summed E-state index contributed by atoms with van der Waals surface area (Å²) in [6.45, 7) is 1.37. The Hall–Kier alpha value is -3.19. The molecule has 1 N–H and O–H groups in total. The van der Waals surface area contributed by atoms with Gasteiger partial charge in [-0.3, -0.25) is 14.9 Å². The van der Waals surface area contributed by atoms with Crippen molar-refractivity contribution < 1.29 is 19.2 Å². The van der Waals surface area contributed by atoms with Crippen LogP contribution in [0.4, 0.5) is 11.4 Å². The SMILES string of the molecule is Cc1ccc(NC(=O)COC(=O)/C=C/c2cccc([N+](=O)[O-])c2)cc1Cl. The number of ether oxygens (including phenoxy) is 1. The van der Waals surface area contributed by atoms with Gasteiger partial charge < -0.3 is 10.1 Å². The van der Waals surface area contributed by atoms with Gasteiger partial charge in [-0.25, -0.2) is 4.79 Å². The number of aryl methyl sites for hydroxylation is 1. The molecular weight excluding hydrogens is 360 g/mol. The number of hydrogen-bond acceptors (Lipinski definition) is 5. The molecule has 0 heterocycles. The maximum Gasteiger partial charge on any atom is 0.331 e. The average Bonchev–Trinajstić information content (AvgIpc) is 2.61. The summed E-state index contributed by atoms with van der Waals surface area (Å²) >= 11 is 5.97. The van der Waals surface area contributed by atoms with Crippen molar-refractivity contribution in [3.63, 3.8) is 0 Å². The van der Waals surface area contributed by atoms with E-state index in [0.717, 1.165) is 11.6 Å². The van der Waals surface area contributed by atoms with E-state index in [1.165, 1.54) is 24.3 Å². The van der Waals surface area contributed by atoms with Crippen LogP contribution in [-0.2, 0) is 14.3 Å². The highest BCUT2D eigenvalue weighted by molar-refractivity contribution is 6.31. The molecule has 1 amide bonds. The Morgan fingerprint density at radius 1 is 1.27 bits per heavy atom. The van der Waals surface area contributed by atoms with Crippen molar-refractivity contribution in [3.8, 4) is 0 Å². The topological polar surface area (TPSA) is 98.5 Å². The lowest BCUT2D eigenvalue weighted by molar-refractivity contribution is -0.384. The van der Waals surface area contributed by atoms with E-state index in [1.807, 2.05) is 6.92 Å². The number of nitro groups is 1. The van der Waals surface area contributed by atoms with E-state index < -0.39 is 23.4 Å². The molecule has 0 atom stereocenters. The monoisotopic (exact) mass is 374 g/mol.